The summed E-state index contributed by atoms with van der Waals surface area (Å²) in [7, 11) is 1.44. The van der Waals surface area contributed by atoms with Gasteiger partial charge >= 0.3 is 5.69 Å². The summed E-state index contributed by atoms with van der Waals surface area (Å²) < 4.78 is 0. The highest BCUT2D eigenvalue weighted by Gasteiger charge is 2.24. The molecule has 0 aliphatic rings. The number of nitrogens with two attached hydrogens (primary N) is 1. The van der Waals surface area contributed by atoms with Gasteiger partial charge in [-0.05, 0) is 0 Å². The van der Waals surface area contributed by atoms with Crippen LogP contribution in [-0.4, -0.2) is 34.4 Å². The molecule has 9 heteroatoms. The van der Waals surface area contributed by atoms with E-state index < -0.39 is 16.5 Å². The van der Waals surface area contributed by atoms with E-state index in [9.17, 15) is 14.9 Å². The fourth-order valence-electron chi connectivity index (χ4n) is 1.09. The second kappa shape index (κ2) is 4.71. The Hall–Kier alpha value is -1.96. The van der Waals surface area contributed by atoms with Crippen molar-refractivity contribution >= 4 is 29.0 Å². The number of carbonyl (C=O) groups is 1. The molecular formula is C7H8ClN5O3. The van der Waals surface area contributed by atoms with E-state index in [0.717, 1.165) is 6.33 Å². The molecule has 0 aromatic carbocycles. The normalized spacial score (nSPS) is 9.88. The number of nitro groups is 1. The number of rotatable bonds is 4. The van der Waals surface area contributed by atoms with Crippen LogP contribution in [0.25, 0.3) is 0 Å². The van der Waals surface area contributed by atoms with Crippen LogP contribution in [0.2, 0.25) is 5.15 Å². The summed E-state index contributed by atoms with van der Waals surface area (Å²) in [4.78, 5) is 29.1. The molecule has 0 spiro atoms. The molecule has 1 heterocycles. The van der Waals surface area contributed by atoms with Crippen LogP contribution in [0.4, 0.5) is 11.5 Å². The summed E-state index contributed by atoms with van der Waals surface area (Å²) in [6.45, 7) is -0.200. The minimum atomic E-state index is -0.713. The molecule has 0 aliphatic heterocycles. The van der Waals surface area contributed by atoms with E-state index in [1.807, 2.05) is 0 Å². The second-order valence-corrected chi connectivity index (χ2v) is 3.27. The standard InChI is InChI=1S/C7H8ClN5O3/c1-12(2-4(9)14)7-5(13(15)16)6(8)10-3-11-7/h3H,2H2,1H3,(H2,9,14). The van der Waals surface area contributed by atoms with Gasteiger partial charge in [-0.15, -0.1) is 0 Å². The van der Waals surface area contributed by atoms with E-state index in [4.69, 9.17) is 17.3 Å². The molecule has 0 unspecified atom stereocenters. The number of nitrogens with zero attached hydrogens (tertiary/aromatic N) is 4. The van der Waals surface area contributed by atoms with E-state index in [2.05, 4.69) is 9.97 Å². The molecule has 0 saturated carbocycles. The Bertz CT molecular complexity index is 438. The van der Waals surface area contributed by atoms with Gasteiger partial charge in [-0.1, -0.05) is 11.6 Å². The van der Waals surface area contributed by atoms with Crippen molar-refractivity contribution < 1.29 is 9.72 Å². The molecule has 8 nitrogen and oxygen atoms in total. The first-order valence-electron chi connectivity index (χ1n) is 4.07. The van der Waals surface area contributed by atoms with E-state index in [0.29, 0.717) is 0 Å². The fraction of sp³-hybridized carbons (Fsp3) is 0.286. The highest BCUT2D eigenvalue weighted by atomic mass is 35.5. The Morgan fingerprint density at radius 1 is 1.69 bits per heavy atom. The molecule has 1 rings (SSSR count). The third kappa shape index (κ3) is 2.54. The number of primary amides is 1. The highest BCUT2D eigenvalue weighted by Crippen LogP contribution is 2.30. The fourth-order valence-corrected chi connectivity index (χ4v) is 1.29. The molecule has 86 valence electrons. The third-order valence-electron chi connectivity index (χ3n) is 1.70. The summed E-state index contributed by atoms with van der Waals surface area (Å²) >= 11 is 5.57. The first kappa shape index (κ1) is 12.1. The summed E-state index contributed by atoms with van der Waals surface area (Å²) in [5.41, 5.74) is 4.52. The maximum absolute atomic E-state index is 10.7. The highest BCUT2D eigenvalue weighted by molar-refractivity contribution is 6.31. The number of halogens is 1. The molecule has 0 radical (unpaired) electrons. The van der Waals surface area contributed by atoms with Crippen LogP contribution in [0, 0.1) is 10.1 Å². The molecule has 1 aromatic rings. The molecule has 0 aliphatic carbocycles. The van der Waals surface area contributed by atoms with Crippen LogP contribution in [0.5, 0.6) is 0 Å². The van der Waals surface area contributed by atoms with Crippen LogP contribution < -0.4 is 10.6 Å². The molecular weight excluding hydrogens is 238 g/mol. The van der Waals surface area contributed by atoms with Gasteiger partial charge in [0.15, 0.2) is 0 Å². The van der Waals surface area contributed by atoms with Gasteiger partial charge in [0.1, 0.15) is 6.33 Å². The SMILES string of the molecule is CN(CC(N)=O)c1ncnc(Cl)c1[N+](=O)[O-]. The van der Waals surface area contributed by atoms with E-state index >= 15 is 0 Å². The Morgan fingerprint density at radius 3 is 2.81 bits per heavy atom. The first-order chi connectivity index (χ1) is 7.43. The number of aromatic nitrogens is 2. The maximum Gasteiger partial charge on any atom is 0.348 e. The van der Waals surface area contributed by atoms with Crippen LogP contribution in [0.1, 0.15) is 0 Å². The number of carbonyl (C=O) groups excluding carboxylic acids is 1. The lowest BCUT2D eigenvalue weighted by Gasteiger charge is -2.15. The van der Waals surface area contributed by atoms with Crippen molar-refractivity contribution in [1.29, 1.82) is 0 Å². The monoisotopic (exact) mass is 245 g/mol. The smallest absolute Gasteiger partial charge is 0.348 e. The topological polar surface area (TPSA) is 115 Å². The van der Waals surface area contributed by atoms with Crippen molar-refractivity contribution in [2.24, 2.45) is 5.73 Å². The van der Waals surface area contributed by atoms with Crippen LogP contribution in [0.15, 0.2) is 6.33 Å². The number of hydrogen-bond donors (Lipinski definition) is 1. The lowest BCUT2D eigenvalue weighted by Crippen LogP contribution is -2.31. The summed E-state index contributed by atoms with van der Waals surface area (Å²) in [5, 5.41) is 10.4. The predicted molar refractivity (Wildman–Crippen MR) is 56.2 cm³/mol. The minimum Gasteiger partial charge on any atom is -0.368 e. The largest absolute Gasteiger partial charge is 0.368 e. The number of anilines is 1. The second-order valence-electron chi connectivity index (χ2n) is 2.92. The molecule has 2 N–H and O–H groups in total. The van der Waals surface area contributed by atoms with Gasteiger partial charge in [-0.25, -0.2) is 9.97 Å². The molecule has 1 aromatic heterocycles. The van der Waals surface area contributed by atoms with Gasteiger partial charge in [-0.3, -0.25) is 14.9 Å². The molecule has 0 saturated heterocycles. The van der Waals surface area contributed by atoms with Crippen molar-refractivity contribution in [1.82, 2.24) is 9.97 Å². The van der Waals surface area contributed by atoms with Gasteiger partial charge in [0.25, 0.3) is 0 Å². The summed E-state index contributed by atoms with van der Waals surface area (Å²) in [6.07, 6.45) is 1.07. The van der Waals surface area contributed by atoms with Gasteiger partial charge in [0, 0.05) is 7.05 Å². The quantitative estimate of drug-likeness (QED) is 0.452. The molecule has 0 fully saturated rings. The van der Waals surface area contributed by atoms with E-state index in [1.165, 1.54) is 11.9 Å². The van der Waals surface area contributed by atoms with Crippen molar-refractivity contribution in [3.8, 4) is 0 Å². The summed E-state index contributed by atoms with van der Waals surface area (Å²) in [5.74, 6) is -0.685. The van der Waals surface area contributed by atoms with Crippen LogP contribution in [-0.2, 0) is 4.79 Å². The average Bonchev–Trinajstić information content (AvgIpc) is 2.15. The van der Waals surface area contributed by atoms with Gasteiger partial charge in [0.05, 0.1) is 11.5 Å². The zero-order valence-electron chi connectivity index (χ0n) is 8.25. The van der Waals surface area contributed by atoms with E-state index in [-0.39, 0.29) is 17.5 Å². The van der Waals surface area contributed by atoms with Crippen molar-refractivity contribution in [3.63, 3.8) is 0 Å². The van der Waals surface area contributed by atoms with Crippen LogP contribution in [0.3, 0.4) is 0 Å². The molecule has 0 bridgehead atoms. The summed E-state index contributed by atoms with van der Waals surface area (Å²) in [6, 6.07) is 0. The predicted octanol–water partition coefficient (Wildman–Crippen LogP) is -0.0403. The number of hydrogen-bond acceptors (Lipinski definition) is 6. The molecule has 16 heavy (non-hydrogen) atoms. The minimum absolute atomic E-state index is 0.0520. The van der Waals surface area contributed by atoms with Crippen molar-refractivity contribution in [2.45, 2.75) is 0 Å². The van der Waals surface area contributed by atoms with Gasteiger partial charge in [0.2, 0.25) is 16.9 Å². The molecule has 0 atom stereocenters. The van der Waals surface area contributed by atoms with E-state index in [1.54, 1.807) is 0 Å². The average molecular weight is 246 g/mol. The zero-order valence-corrected chi connectivity index (χ0v) is 9.01. The third-order valence-corrected chi connectivity index (χ3v) is 1.97. The maximum atomic E-state index is 10.7. The lowest BCUT2D eigenvalue weighted by atomic mass is 10.4. The number of amides is 1. The Morgan fingerprint density at radius 2 is 2.31 bits per heavy atom. The first-order valence-corrected chi connectivity index (χ1v) is 4.45. The zero-order chi connectivity index (χ0) is 12.3. The molecule has 1 amide bonds. The Kier molecular flexibility index (Phi) is 3.56. The van der Waals surface area contributed by atoms with Crippen molar-refractivity contribution in [2.75, 3.05) is 18.5 Å². The number of likely N-dealkylation sites (N-methyl/N-ethyl adjacent to an activating group) is 1. The lowest BCUT2D eigenvalue weighted by molar-refractivity contribution is -0.384. The Balaban J connectivity index is 3.17. The van der Waals surface area contributed by atoms with Gasteiger partial charge in [-0.2, -0.15) is 0 Å². The Labute approximate surface area is 95.2 Å². The van der Waals surface area contributed by atoms with Crippen molar-refractivity contribution in [3.05, 3.63) is 21.6 Å². The van der Waals surface area contributed by atoms with Crippen LogP contribution >= 0.6 is 11.6 Å². The van der Waals surface area contributed by atoms with Gasteiger partial charge < -0.3 is 10.6 Å².